The Bertz CT molecular complexity index is 1320. The van der Waals surface area contributed by atoms with Gasteiger partial charge in [0.1, 0.15) is 0 Å². The molecule has 0 aliphatic carbocycles. The number of nitriles is 1. The number of hydrogen-bond acceptors (Lipinski definition) is 7. The number of pyridine rings is 3. The molecular formula is C24H26FN7O2. The molecule has 9 nitrogen and oxygen atoms in total. The summed E-state index contributed by atoms with van der Waals surface area (Å²) in [5.74, 6) is -1.28. The van der Waals surface area contributed by atoms with Crippen molar-refractivity contribution in [1.82, 2.24) is 25.2 Å². The summed E-state index contributed by atoms with van der Waals surface area (Å²) in [5, 5.41) is 11.7. The van der Waals surface area contributed by atoms with Crippen LogP contribution in [0.2, 0.25) is 0 Å². The van der Waals surface area contributed by atoms with Crippen LogP contribution in [0.5, 0.6) is 0 Å². The third kappa shape index (κ3) is 4.75. The molecule has 1 aliphatic heterocycles. The Morgan fingerprint density at radius 3 is 2.82 bits per heavy atom. The Balaban J connectivity index is 1.51. The van der Waals surface area contributed by atoms with Gasteiger partial charge < -0.3 is 15.2 Å². The Morgan fingerprint density at radius 1 is 1.29 bits per heavy atom. The van der Waals surface area contributed by atoms with Crippen LogP contribution in [0.1, 0.15) is 35.0 Å². The number of aromatic amines is 1. The van der Waals surface area contributed by atoms with Gasteiger partial charge in [-0.1, -0.05) is 6.92 Å². The average molecular weight is 464 g/mol. The third-order valence-electron chi connectivity index (χ3n) is 6.11. The lowest BCUT2D eigenvalue weighted by atomic mass is 10.1. The number of piperazine rings is 1. The Hall–Kier alpha value is -3.84. The first-order chi connectivity index (χ1) is 16.4. The summed E-state index contributed by atoms with van der Waals surface area (Å²) in [6, 6.07) is 7.11. The van der Waals surface area contributed by atoms with Crippen LogP contribution in [0.3, 0.4) is 0 Å². The van der Waals surface area contributed by atoms with E-state index in [1.807, 2.05) is 30.2 Å². The third-order valence-corrected chi connectivity index (χ3v) is 6.11. The topological polar surface area (TPSA) is 118 Å². The number of aryl methyl sites for hydroxylation is 1. The summed E-state index contributed by atoms with van der Waals surface area (Å²) in [6.07, 6.45) is 4.19. The van der Waals surface area contributed by atoms with Gasteiger partial charge in [0.05, 0.1) is 41.4 Å². The normalized spacial score (nSPS) is 16.4. The minimum absolute atomic E-state index is 0.0973. The number of carbonyl (C=O) groups excluding carboxylic acids is 1. The van der Waals surface area contributed by atoms with Crippen LogP contribution in [0.15, 0.2) is 35.4 Å². The Labute approximate surface area is 196 Å². The quantitative estimate of drug-likeness (QED) is 0.574. The van der Waals surface area contributed by atoms with E-state index in [1.165, 1.54) is 19.3 Å². The molecule has 1 atom stereocenters. The van der Waals surface area contributed by atoms with E-state index < -0.39 is 11.7 Å². The molecule has 34 heavy (non-hydrogen) atoms. The van der Waals surface area contributed by atoms with Gasteiger partial charge >= 0.3 is 0 Å². The number of fused-ring (bicyclic) bond motifs is 1. The lowest BCUT2D eigenvalue weighted by molar-refractivity contribution is 0.0953. The molecule has 0 bridgehead atoms. The second kappa shape index (κ2) is 9.97. The summed E-state index contributed by atoms with van der Waals surface area (Å²) in [7, 11) is 1.42. The van der Waals surface area contributed by atoms with Crippen LogP contribution >= 0.6 is 0 Å². The highest BCUT2D eigenvalue weighted by molar-refractivity contribution is 5.92. The lowest BCUT2D eigenvalue weighted by Gasteiger charge is -2.42. The van der Waals surface area contributed by atoms with Crippen LogP contribution in [0, 0.1) is 17.1 Å². The van der Waals surface area contributed by atoms with E-state index in [4.69, 9.17) is 0 Å². The molecule has 1 saturated heterocycles. The number of halogens is 1. The molecule has 1 unspecified atom stereocenters. The maximum atomic E-state index is 14.5. The fraction of sp³-hybridized carbons (Fsp3) is 0.375. The number of rotatable bonds is 6. The molecule has 2 N–H and O–H groups in total. The highest BCUT2D eigenvalue weighted by Gasteiger charge is 2.28. The van der Waals surface area contributed by atoms with E-state index in [1.54, 1.807) is 0 Å². The second-order valence-corrected chi connectivity index (χ2v) is 8.30. The Kier molecular flexibility index (Phi) is 6.84. The van der Waals surface area contributed by atoms with Crippen molar-refractivity contribution in [1.29, 1.82) is 5.26 Å². The van der Waals surface area contributed by atoms with Gasteiger partial charge in [0, 0.05) is 51.1 Å². The van der Waals surface area contributed by atoms with Gasteiger partial charge in [-0.2, -0.15) is 5.26 Å². The molecule has 1 aliphatic rings. The minimum atomic E-state index is -0.697. The van der Waals surface area contributed by atoms with Gasteiger partial charge in [0.25, 0.3) is 11.5 Å². The molecule has 1 fully saturated rings. The number of H-pyrrole nitrogens is 1. The largest absolute Gasteiger partial charge is 0.364 e. The van der Waals surface area contributed by atoms with Gasteiger partial charge in [0.2, 0.25) is 0 Å². The SMILES string of the molecule is CCc1cc2ncc(CN3CCN(c4cnc(C(=O)NC)c(F)c4)C(CC#N)C3)cc2[nH]c1=O. The van der Waals surface area contributed by atoms with E-state index in [0.717, 1.165) is 11.1 Å². The standard InChI is InChI=1S/C24H26FN7O2/c1-3-16-9-20-21(30-23(16)33)8-15(11-28-20)13-31-6-7-32(17(14-31)4-5-26)18-10-19(25)22(29-12-18)24(34)27-2/h8-12,17H,3-4,6-7,13-14H2,1-2H3,(H,27,34)(H,30,33). The van der Waals surface area contributed by atoms with E-state index in [0.29, 0.717) is 49.4 Å². The molecule has 176 valence electrons. The number of nitrogens with one attached hydrogen (secondary N) is 2. The van der Waals surface area contributed by atoms with E-state index in [-0.39, 0.29) is 23.7 Å². The van der Waals surface area contributed by atoms with Crippen molar-refractivity contribution in [2.24, 2.45) is 0 Å². The van der Waals surface area contributed by atoms with Crippen molar-refractivity contribution in [3.8, 4) is 6.07 Å². The molecule has 0 spiro atoms. The molecule has 3 aromatic heterocycles. The zero-order valence-corrected chi connectivity index (χ0v) is 19.1. The first-order valence-electron chi connectivity index (χ1n) is 11.2. The first-order valence-corrected chi connectivity index (χ1v) is 11.2. The van der Waals surface area contributed by atoms with Crippen molar-refractivity contribution < 1.29 is 9.18 Å². The number of nitrogens with zero attached hydrogens (tertiary/aromatic N) is 5. The first kappa shape index (κ1) is 23.3. The molecule has 4 heterocycles. The van der Waals surface area contributed by atoms with Crippen molar-refractivity contribution in [3.05, 3.63) is 63.6 Å². The van der Waals surface area contributed by atoms with E-state index >= 15 is 0 Å². The molecule has 0 aromatic carbocycles. The van der Waals surface area contributed by atoms with Crippen LogP contribution in [0.25, 0.3) is 11.0 Å². The van der Waals surface area contributed by atoms with Crippen LogP contribution < -0.4 is 15.8 Å². The van der Waals surface area contributed by atoms with Gasteiger partial charge in [-0.25, -0.2) is 9.37 Å². The van der Waals surface area contributed by atoms with Gasteiger partial charge in [-0.05, 0) is 24.1 Å². The number of anilines is 1. The minimum Gasteiger partial charge on any atom is -0.364 e. The monoisotopic (exact) mass is 463 g/mol. The molecule has 0 radical (unpaired) electrons. The summed E-state index contributed by atoms with van der Waals surface area (Å²) < 4.78 is 14.5. The van der Waals surface area contributed by atoms with E-state index in [9.17, 15) is 19.2 Å². The molecule has 4 rings (SSSR count). The van der Waals surface area contributed by atoms with Crippen molar-refractivity contribution in [2.75, 3.05) is 31.6 Å². The van der Waals surface area contributed by atoms with E-state index in [2.05, 4.69) is 31.2 Å². The van der Waals surface area contributed by atoms with Gasteiger partial charge in [0.15, 0.2) is 11.5 Å². The number of amides is 1. The zero-order valence-electron chi connectivity index (χ0n) is 19.1. The maximum Gasteiger partial charge on any atom is 0.272 e. The highest BCUT2D eigenvalue weighted by atomic mass is 19.1. The van der Waals surface area contributed by atoms with Crippen LogP contribution in [0.4, 0.5) is 10.1 Å². The second-order valence-electron chi connectivity index (χ2n) is 8.30. The smallest absolute Gasteiger partial charge is 0.272 e. The molecule has 1 amide bonds. The summed E-state index contributed by atoms with van der Waals surface area (Å²) in [4.78, 5) is 39.5. The zero-order chi connectivity index (χ0) is 24.2. The molecule has 3 aromatic rings. The Morgan fingerprint density at radius 2 is 2.12 bits per heavy atom. The number of carbonyl (C=O) groups is 1. The van der Waals surface area contributed by atoms with Crippen LogP contribution in [-0.2, 0) is 13.0 Å². The summed E-state index contributed by atoms with van der Waals surface area (Å²) in [5.41, 5.74) is 3.31. The predicted molar refractivity (Wildman–Crippen MR) is 126 cm³/mol. The summed E-state index contributed by atoms with van der Waals surface area (Å²) >= 11 is 0. The molecule has 0 saturated carbocycles. The van der Waals surface area contributed by atoms with Gasteiger partial charge in [-0.15, -0.1) is 0 Å². The fourth-order valence-electron chi connectivity index (χ4n) is 4.33. The number of hydrogen-bond donors (Lipinski definition) is 2. The lowest BCUT2D eigenvalue weighted by Crippen LogP contribution is -2.53. The fourth-order valence-corrected chi connectivity index (χ4v) is 4.33. The average Bonchev–Trinajstić information content (AvgIpc) is 2.83. The van der Waals surface area contributed by atoms with Gasteiger partial charge in [-0.3, -0.25) is 19.5 Å². The highest BCUT2D eigenvalue weighted by Crippen LogP contribution is 2.24. The van der Waals surface area contributed by atoms with Crippen LogP contribution in [-0.4, -0.2) is 58.5 Å². The maximum absolute atomic E-state index is 14.5. The van der Waals surface area contributed by atoms with Crippen molar-refractivity contribution >= 4 is 22.6 Å². The van der Waals surface area contributed by atoms with Crippen molar-refractivity contribution in [3.63, 3.8) is 0 Å². The molecular weight excluding hydrogens is 437 g/mol. The summed E-state index contributed by atoms with van der Waals surface area (Å²) in [6.45, 7) is 4.39. The predicted octanol–water partition coefficient (Wildman–Crippen LogP) is 1.98. The molecule has 10 heteroatoms. The number of aromatic nitrogens is 3. The van der Waals surface area contributed by atoms with Crippen molar-refractivity contribution in [2.45, 2.75) is 32.4 Å².